The molecular weight excluding hydrogens is 570 g/mol. The molecule has 1 aliphatic heterocycles. The zero-order valence-electron chi connectivity index (χ0n) is 25.9. The molecule has 1 fully saturated rings. The van der Waals surface area contributed by atoms with E-state index in [9.17, 15) is 14.4 Å². The molecule has 1 atom stereocenters. The van der Waals surface area contributed by atoms with Gasteiger partial charge in [-0.05, 0) is 72.2 Å². The van der Waals surface area contributed by atoms with Crippen LogP contribution >= 0.6 is 0 Å². The molecule has 10 heteroatoms. The molecule has 0 aliphatic carbocycles. The van der Waals surface area contributed by atoms with Gasteiger partial charge in [-0.3, -0.25) is 14.4 Å². The average Bonchev–Trinajstić information content (AvgIpc) is 3.54. The number of hydrogen-bond acceptors (Lipinski definition) is 7. The number of hydrogen-bond donors (Lipinski definition) is 3. The van der Waals surface area contributed by atoms with E-state index in [0.29, 0.717) is 17.3 Å². The van der Waals surface area contributed by atoms with Crippen molar-refractivity contribution < 1.29 is 24.0 Å². The third kappa shape index (κ3) is 8.14. The first-order valence-corrected chi connectivity index (χ1v) is 15.3. The molecule has 5 rings (SSSR count). The van der Waals surface area contributed by atoms with Crippen LogP contribution in [0.15, 0.2) is 77.3 Å². The molecule has 0 spiro atoms. The summed E-state index contributed by atoms with van der Waals surface area (Å²) in [6.07, 6.45) is 3.87. The number of carbonyl (C=O) groups excluding carboxylic acids is 2. The van der Waals surface area contributed by atoms with E-state index in [1.807, 2.05) is 48.5 Å². The Morgan fingerprint density at radius 1 is 0.889 bits per heavy atom. The van der Waals surface area contributed by atoms with Crippen molar-refractivity contribution in [2.75, 3.05) is 24.5 Å². The second kappa shape index (κ2) is 13.8. The van der Waals surface area contributed by atoms with Crippen LogP contribution in [0, 0.1) is 0 Å². The minimum atomic E-state index is -1.17. The maximum atomic E-state index is 13.1. The van der Waals surface area contributed by atoms with E-state index in [1.165, 1.54) is 24.9 Å². The first-order valence-electron chi connectivity index (χ1n) is 15.3. The van der Waals surface area contributed by atoms with Gasteiger partial charge in [-0.15, -0.1) is 0 Å². The quantitative estimate of drug-likeness (QED) is 0.222. The molecule has 0 radical (unpaired) electrons. The fourth-order valence-electron chi connectivity index (χ4n) is 5.31. The largest absolute Gasteiger partial charge is 0.480 e. The van der Waals surface area contributed by atoms with Crippen molar-refractivity contribution in [1.29, 1.82) is 0 Å². The molecule has 45 heavy (non-hydrogen) atoms. The van der Waals surface area contributed by atoms with Crippen LogP contribution in [-0.2, 0) is 21.4 Å². The summed E-state index contributed by atoms with van der Waals surface area (Å²) in [4.78, 5) is 44.0. The van der Waals surface area contributed by atoms with Crippen molar-refractivity contribution in [3.8, 4) is 22.8 Å². The summed E-state index contributed by atoms with van der Waals surface area (Å²) in [5.74, 6) is -1.33. The summed E-state index contributed by atoms with van der Waals surface area (Å²) in [6.45, 7) is 7.86. The smallest absolute Gasteiger partial charge is 0.322 e. The molecular formula is C35H39N5O5. The number of amides is 2. The Morgan fingerprint density at radius 3 is 2.16 bits per heavy atom. The lowest BCUT2D eigenvalue weighted by Gasteiger charge is -2.28. The number of rotatable bonds is 10. The van der Waals surface area contributed by atoms with Crippen molar-refractivity contribution in [2.24, 2.45) is 0 Å². The van der Waals surface area contributed by atoms with E-state index >= 15 is 0 Å². The Balaban J connectivity index is 1.26. The van der Waals surface area contributed by atoms with E-state index in [2.05, 4.69) is 58.6 Å². The lowest BCUT2D eigenvalue weighted by molar-refractivity contribution is -0.138. The van der Waals surface area contributed by atoms with Gasteiger partial charge >= 0.3 is 5.97 Å². The van der Waals surface area contributed by atoms with Crippen LogP contribution in [0.25, 0.3) is 22.8 Å². The fourth-order valence-corrected chi connectivity index (χ4v) is 5.31. The number of piperidine rings is 1. The molecule has 0 unspecified atom stereocenters. The Kier molecular flexibility index (Phi) is 9.61. The molecule has 4 aromatic rings. The number of carboxylic acids is 1. The summed E-state index contributed by atoms with van der Waals surface area (Å²) in [7, 11) is 0. The monoisotopic (exact) mass is 609 g/mol. The molecule has 1 aromatic heterocycles. The SMILES string of the molecule is CC(C)(C)c1ccc(C(=O)N[C@@H](Cc2ccc(-c3noc(-c4ccc(N5CCCCC5)cc4)n3)cc2)C(=O)NCC(=O)O)cc1. The van der Waals surface area contributed by atoms with Gasteiger partial charge in [0.15, 0.2) is 0 Å². The minimum Gasteiger partial charge on any atom is -0.480 e. The van der Waals surface area contributed by atoms with E-state index in [0.717, 1.165) is 35.3 Å². The van der Waals surface area contributed by atoms with Gasteiger partial charge in [0.25, 0.3) is 11.8 Å². The van der Waals surface area contributed by atoms with E-state index in [-0.39, 0.29) is 11.8 Å². The first-order chi connectivity index (χ1) is 21.6. The van der Waals surface area contributed by atoms with Crippen LogP contribution in [-0.4, -0.2) is 58.7 Å². The number of benzene rings is 3. The third-order valence-electron chi connectivity index (χ3n) is 7.96. The topological polar surface area (TPSA) is 138 Å². The molecule has 10 nitrogen and oxygen atoms in total. The number of carbonyl (C=O) groups is 3. The number of nitrogens with zero attached hydrogens (tertiary/aromatic N) is 3. The second-order valence-electron chi connectivity index (χ2n) is 12.4. The number of aliphatic carboxylic acids is 1. The normalized spacial score (nSPS) is 14.1. The summed E-state index contributed by atoms with van der Waals surface area (Å²) in [5.41, 5.74) is 4.94. The fraction of sp³-hybridized carbons (Fsp3) is 0.343. The third-order valence-corrected chi connectivity index (χ3v) is 7.96. The highest BCUT2D eigenvalue weighted by Crippen LogP contribution is 2.27. The summed E-state index contributed by atoms with van der Waals surface area (Å²) >= 11 is 0. The summed E-state index contributed by atoms with van der Waals surface area (Å²) in [5, 5.41) is 18.3. The number of aromatic nitrogens is 2. The lowest BCUT2D eigenvalue weighted by Crippen LogP contribution is -2.49. The van der Waals surface area contributed by atoms with Crippen LogP contribution in [0.5, 0.6) is 0 Å². The molecule has 3 aromatic carbocycles. The van der Waals surface area contributed by atoms with E-state index in [4.69, 9.17) is 9.63 Å². The Hall–Kier alpha value is -4.99. The average molecular weight is 610 g/mol. The Labute approximate surface area is 262 Å². The lowest BCUT2D eigenvalue weighted by atomic mass is 9.86. The molecule has 0 saturated carbocycles. The van der Waals surface area contributed by atoms with Crippen molar-refractivity contribution in [1.82, 2.24) is 20.8 Å². The van der Waals surface area contributed by atoms with Crippen molar-refractivity contribution >= 4 is 23.5 Å². The molecule has 2 heterocycles. The first kappa shape index (κ1) is 31.4. The highest BCUT2D eigenvalue weighted by molar-refractivity contribution is 5.98. The maximum Gasteiger partial charge on any atom is 0.322 e. The Morgan fingerprint density at radius 2 is 1.53 bits per heavy atom. The molecule has 1 aliphatic rings. The number of anilines is 1. The van der Waals surface area contributed by atoms with Crippen LogP contribution in [0.4, 0.5) is 5.69 Å². The zero-order valence-corrected chi connectivity index (χ0v) is 25.9. The van der Waals surface area contributed by atoms with Crippen molar-refractivity contribution in [2.45, 2.75) is 57.9 Å². The van der Waals surface area contributed by atoms with Gasteiger partial charge in [-0.2, -0.15) is 4.98 Å². The number of carboxylic acid groups (broad SMARTS) is 1. The van der Waals surface area contributed by atoms with Crippen LogP contribution < -0.4 is 15.5 Å². The highest BCUT2D eigenvalue weighted by atomic mass is 16.5. The van der Waals surface area contributed by atoms with Crippen molar-refractivity contribution in [3.63, 3.8) is 0 Å². The van der Waals surface area contributed by atoms with Gasteiger partial charge in [0.2, 0.25) is 11.7 Å². The summed E-state index contributed by atoms with van der Waals surface area (Å²) in [6, 6.07) is 21.7. The molecule has 1 saturated heterocycles. The van der Waals surface area contributed by atoms with E-state index < -0.39 is 30.4 Å². The molecule has 3 N–H and O–H groups in total. The molecule has 0 bridgehead atoms. The van der Waals surface area contributed by atoms with Crippen molar-refractivity contribution in [3.05, 3.63) is 89.5 Å². The maximum absolute atomic E-state index is 13.1. The Bertz CT molecular complexity index is 1620. The van der Waals surface area contributed by atoms with Gasteiger partial charge in [0.05, 0.1) is 0 Å². The standard InChI is InChI=1S/C35H39N5O5/c1-35(2,3)27-15-11-25(12-16-27)32(43)37-29(33(44)36-22-30(41)42)21-23-7-9-24(10-8-23)31-38-34(45-39-31)26-13-17-28(18-14-26)40-19-5-4-6-20-40/h7-18,29H,4-6,19-22H2,1-3H3,(H,36,44)(H,37,43)(H,41,42)/t29-/m0/s1. The van der Waals surface area contributed by atoms with Crippen LogP contribution in [0.1, 0.15) is 61.5 Å². The predicted molar refractivity (Wildman–Crippen MR) is 172 cm³/mol. The minimum absolute atomic E-state index is 0.0677. The van der Waals surface area contributed by atoms with Gasteiger partial charge in [-0.1, -0.05) is 62.3 Å². The zero-order chi connectivity index (χ0) is 32.0. The predicted octanol–water partition coefficient (Wildman–Crippen LogP) is 5.23. The van der Waals surface area contributed by atoms with Crippen LogP contribution in [0.3, 0.4) is 0 Å². The number of nitrogens with one attached hydrogen (secondary N) is 2. The van der Waals surface area contributed by atoms with Gasteiger partial charge in [0, 0.05) is 41.9 Å². The van der Waals surface area contributed by atoms with E-state index in [1.54, 1.807) is 12.1 Å². The van der Waals surface area contributed by atoms with Gasteiger partial charge < -0.3 is 25.2 Å². The highest BCUT2D eigenvalue weighted by Gasteiger charge is 2.23. The van der Waals surface area contributed by atoms with Gasteiger partial charge in [-0.25, -0.2) is 0 Å². The summed E-state index contributed by atoms with van der Waals surface area (Å²) < 4.78 is 5.55. The van der Waals surface area contributed by atoms with Crippen LogP contribution in [0.2, 0.25) is 0 Å². The molecule has 234 valence electrons. The molecule has 2 amide bonds. The van der Waals surface area contributed by atoms with Gasteiger partial charge in [0.1, 0.15) is 12.6 Å². The second-order valence-corrected chi connectivity index (χ2v) is 12.4.